The summed E-state index contributed by atoms with van der Waals surface area (Å²) in [5.74, 6) is 0. The molecule has 2 aliphatic rings. The van der Waals surface area contributed by atoms with Crippen LogP contribution in [0, 0.1) is 0 Å². The molecule has 0 fully saturated rings. The fourth-order valence-corrected chi connectivity index (χ4v) is 7.07. The van der Waals surface area contributed by atoms with Crippen LogP contribution >= 0.6 is 0 Å². The van der Waals surface area contributed by atoms with E-state index in [0.29, 0.717) is 0 Å². The molecule has 6 heterocycles. The van der Waals surface area contributed by atoms with Gasteiger partial charge in [0.15, 0.2) is 22.6 Å². The van der Waals surface area contributed by atoms with Gasteiger partial charge in [-0.3, -0.25) is 0 Å². The zero-order valence-electron chi connectivity index (χ0n) is 21.8. The van der Waals surface area contributed by atoms with E-state index in [0.717, 1.165) is 100.0 Å². The molecule has 3 aromatic carbocycles. The zero-order chi connectivity index (χ0) is 26.3. The largest absolute Gasteiger partial charge is 0.227 e. The number of benzene rings is 3. The van der Waals surface area contributed by atoms with Crippen LogP contribution in [0.4, 0.5) is 0 Å². The lowest BCUT2D eigenvalue weighted by atomic mass is 10.1. The monoisotopic (exact) mass is 512 g/mol. The van der Waals surface area contributed by atoms with Crippen molar-refractivity contribution in [2.45, 2.75) is 13.8 Å². The van der Waals surface area contributed by atoms with Crippen molar-refractivity contribution in [1.82, 2.24) is 29.0 Å². The second kappa shape index (κ2) is 6.79. The Balaban J connectivity index is 1.75. The lowest BCUT2D eigenvalue weighted by molar-refractivity contribution is 0.883. The van der Waals surface area contributed by atoms with Crippen LogP contribution < -0.4 is 0 Å². The van der Waals surface area contributed by atoms with Crippen LogP contribution in [0.5, 0.6) is 0 Å². The minimum absolute atomic E-state index is 0.839. The molecule has 9 aromatic rings. The second-order valence-corrected chi connectivity index (χ2v) is 10.6. The highest BCUT2D eigenvalue weighted by atomic mass is 15.4. The van der Waals surface area contributed by atoms with E-state index in [-0.39, 0.29) is 0 Å². The molecule has 0 saturated carbocycles. The van der Waals surface area contributed by atoms with Crippen molar-refractivity contribution < 1.29 is 0 Å². The van der Waals surface area contributed by atoms with E-state index in [4.69, 9.17) is 19.9 Å². The van der Waals surface area contributed by atoms with Gasteiger partial charge in [0.05, 0.1) is 22.8 Å². The molecule has 0 amide bonds. The van der Waals surface area contributed by atoms with Crippen LogP contribution in [0.15, 0.2) is 84.9 Å². The van der Waals surface area contributed by atoms with Crippen LogP contribution in [-0.4, -0.2) is 29.0 Å². The van der Waals surface area contributed by atoms with E-state index < -0.39 is 0 Å². The third-order valence-electron chi connectivity index (χ3n) is 8.70. The van der Waals surface area contributed by atoms with Crippen molar-refractivity contribution in [1.29, 1.82) is 0 Å². The molecule has 12 bridgehead atoms. The summed E-state index contributed by atoms with van der Waals surface area (Å²) in [6.07, 6.45) is 4.33. The van der Waals surface area contributed by atoms with Crippen molar-refractivity contribution in [2.75, 3.05) is 0 Å². The van der Waals surface area contributed by atoms with Crippen LogP contribution in [0.25, 0.3) is 88.6 Å². The maximum Gasteiger partial charge on any atom is 0.163 e. The SMILES string of the molecule is C/C=C1\C(=C/C)c2nc3c4ccccc4c4nc5c6c(nc7c8ccccc8c(nc1c26)n7n34)-c1ccccc1-5. The summed E-state index contributed by atoms with van der Waals surface area (Å²) in [5, 5.41) is 6.22. The van der Waals surface area contributed by atoms with E-state index in [2.05, 4.69) is 108 Å². The lowest BCUT2D eigenvalue weighted by Gasteiger charge is -2.06. The number of nitrogens with zero attached hydrogens (tertiary/aromatic N) is 6. The molecule has 0 aliphatic heterocycles. The summed E-state index contributed by atoms with van der Waals surface area (Å²) in [5.41, 5.74) is 11.4. The predicted octanol–water partition coefficient (Wildman–Crippen LogP) is 7.85. The van der Waals surface area contributed by atoms with Crippen molar-refractivity contribution >= 4 is 66.1 Å². The fourth-order valence-electron chi connectivity index (χ4n) is 7.07. The molecule has 2 aliphatic carbocycles. The first-order chi connectivity index (χ1) is 19.8. The number of hydrogen-bond acceptors (Lipinski definition) is 4. The van der Waals surface area contributed by atoms with Crippen LogP contribution in [0.2, 0.25) is 0 Å². The Bertz CT molecular complexity index is 2390. The number of aromatic nitrogens is 6. The Morgan fingerprint density at radius 3 is 1.15 bits per heavy atom. The maximum atomic E-state index is 5.55. The first-order valence-corrected chi connectivity index (χ1v) is 13.6. The molecular weight excluding hydrogens is 492 g/mol. The van der Waals surface area contributed by atoms with Gasteiger partial charge in [0.2, 0.25) is 0 Å². The first kappa shape index (κ1) is 20.6. The summed E-state index contributed by atoms with van der Waals surface area (Å²) in [6, 6.07) is 25.4. The minimum Gasteiger partial charge on any atom is -0.227 e. The van der Waals surface area contributed by atoms with Crippen LogP contribution in [0.3, 0.4) is 0 Å². The average Bonchev–Trinajstić information content (AvgIpc) is 3.69. The van der Waals surface area contributed by atoms with Gasteiger partial charge < -0.3 is 0 Å². The first-order valence-electron chi connectivity index (χ1n) is 13.6. The summed E-state index contributed by atoms with van der Waals surface area (Å²) in [4.78, 5) is 22.2. The normalized spacial score (nSPS) is 15.8. The van der Waals surface area contributed by atoms with Gasteiger partial charge in [0.25, 0.3) is 0 Å². The number of fused-ring (bicyclic) bond motifs is 3. The molecule has 40 heavy (non-hydrogen) atoms. The summed E-state index contributed by atoms with van der Waals surface area (Å²) >= 11 is 0. The molecule has 0 spiro atoms. The van der Waals surface area contributed by atoms with Gasteiger partial charge in [-0.2, -0.15) is 0 Å². The third kappa shape index (κ3) is 2.14. The quantitative estimate of drug-likeness (QED) is 0.208. The molecule has 0 saturated heterocycles. The molecule has 0 unspecified atom stereocenters. The van der Waals surface area contributed by atoms with Crippen molar-refractivity contribution in [3.8, 4) is 22.5 Å². The average molecular weight is 513 g/mol. The third-order valence-corrected chi connectivity index (χ3v) is 8.70. The molecule has 6 heteroatoms. The number of allylic oxidation sites excluding steroid dienone is 4. The van der Waals surface area contributed by atoms with Gasteiger partial charge in [-0.05, 0) is 13.8 Å². The van der Waals surface area contributed by atoms with E-state index in [1.54, 1.807) is 0 Å². The Morgan fingerprint density at radius 2 is 0.775 bits per heavy atom. The Morgan fingerprint density at radius 1 is 0.450 bits per heavy atom. The van der Waals surface area contributed by atoms with E-state index in [9.17, 15) is 0 Å². The Labute approximate surface area is 227 Å². The molecule has 0 atom stereocenters. The van der Waals surface area contributed by atoms with Gasteiger partial charge in [0, 0.05) is 54.6 Å². The van der Waals surface area contributed by atoms with Crippen molar-refractivity contribution in [3.63, 3.8) is 0 Å². The summed E-state index contributed by atoms with van der Waals surface area (Å²) in [6.45, 7) is 4.17. The number of hydrogen-bond donors (Lipinski definition) is 0. The molecular formula is C34H20N6. The van der Waals surface area contributed by atoms with Gasteiger partial charge in [-0.15, -0.1) is 0 Å². The van der Waals surface area contributed by atoms with Gasteiger partial charge >= 0.3 is 0 Å². The van der Waals surface area contributed by atoms with Crippen LogP contribution in [0.1, 0.15) is 25.2 Å². The molecule has 186 valence electrons. The molecule has 11 rings (SSSR count). The predicted molar refractivity (Wildman–Crippen MR) is 161 cm³/mol. The number of rotatable bonds is 0. The minimum atomic E-state index is 0.839. The highest BCUT2D eigenvalue weighted by Crippen LogP contribution is 2.51. The van der Waals surface area contributed by atoms with Gasteiger partial charge in [-0.1, -0.05) is 84.9 Å². The van der Waals surface area contributed by atoms with Crippen molar-refractivity contribution in [2.24, 2.45) is 0 Å². The summed E-state index contributed by atoms with van der Waals surface area (Å²) in [7, 11) is 0. The Kier molecular flexibility index (Phi) is 3.50. The second-order valence-electron chi connectivity index (χ2n) is 10.6. The van der Waals surface area contributed by atoms with Gasteiger partial charge in [0.1, 0.15) is 0 Å². The van der Waals surface area contributed by atoms with Crippen LogP contribution in [-0.2, 0) is 0 Å². The molecule has 0 radical (unpaired) electrons. The Hall–Kier alpha value is -5.36. The van der Waals surface area contributed by atoms with E-state index in [1.807, 2.05) is 0 Å². The lowest BCUT2D eigenvalue weighted by Crippen LogP contribution is -2.02. The van der Waals surface area contributed by atoms with E-state index in [1.165, 1.54) is 0 Å². The maximum absolute atomic E-state index is 5.55. The highest BCUT2D eigenvalue weighted by Gasteiger charge is 2.34. The summed E-state index contributed by atoms with van der Waals surface area (Å²) < 4.78 is 4.30. The standard InChI is InChI=1S/C34H20N6/c1-3-17-18(4-2)28-25-26-29-19-11-5-6-12-20(19)30(26)38-34-24-16-10-8-14-22(24)32(36-28)40(34)39-31(35-27(17)25)21-13-7-9-15-23(21)33(39)37-29/h3-16H,1-2H3/b17-3+,18-4+,26-25?,35-27?,35-31?,36-28?,36-32?,37-29?,37-33?,38-30?,38-34?. The highest BCUT2D eigenvalue weighted by molar-refractivity contribution is 6.26. The topological polar surface area (TPSA) is 60.4 Å². The molecule has 6 nitrogen and oxygen atoms in total. The molecule has 0 N–H and O–H groups in total. The van der Waals surface area contributed by atoms with E-state index >= 15 is 0 Å². The zero-order valence-corrected chi connectivity index (χ0v) is 21.8. The molecule has 6 aromatic heterocycles. The fraction of sp³-hybridized carbons (Fsp3) is 0.0588. The smallest absolute Gasteiger partial charge is 0.163 e. The van der Waals surface area contributed by atoms with Crippen molar-refractivity contribution in [3.05, 3.63) is 96.3 Å². The van der Waals surface area contributed by atoms with Gasteiger partial charge in [-0.25, -0.2) is 29.0 Å².